The Morgan fingerprint density at radius 1 is 1.36 bits per heavy atom. The van der Waals surface area contributed by atoms with E-state index in [2.05, 4.69) is 10.3 Å². The SMILES string of the molecule is Cc1cn(CC(=O)N2CCC3(CCCNC3)C2)c(=O)[nH]c1=O. The predicted octanol–water partition coefficient (Wildman–Crippen LogP) is -0.553. The number of H-pyrrole nitrogens is 1. The van der Waals surface area contributed by atoms with Gasteiger partial charge in [-0.25, -0.2) is 4.79 Å². The zero-order valence-corrected chi connectivity index (χ0v) is 12.9. The van der Waals surface area contributed by atoms with Crippen molar-refractivity contribution in [1.29, 1.82) is 0 Å². The quantitative estimate of drug-likeness (QED) is 0.767. The van der Waals surface area contributed by atoms with E-state index in [1.807, 2.05) is 4.90 Å². The Labute approximate surface area is 128 Å². The van der Waals surface area contributed by atoms with Gasteiger partial charge in [-0.2, -0.15) is 0 Å². The molecule has 2 N–H and O–H groups in total. The van der Waals surface area contributed by atoms with Crippen molar-refractivity contribution in [3.05, 3.63) is 32.6 Å². The van der Waals surface area contributed by atoms with Gasteiger partial charge in [0.25, 0.3) is 5.56 Å². The number of amides is 1. The maximum absolute atomic E-state index is 12.4. The number of nitrogens with zero attached hydrogens (tertiary/aromatic N) is 2. The third-order valence-corrected chi connectivity index (χ3v) is 4.85. The summed E-state index contributed by atoms with van der Waals surface area (Å²) in [6.07, 6.45) is 4.78. The van der Waals surface area contributed by atoms with Gasteiger partial charge in [-0.15, -0.1) is 0 Å². The average molecular weight is 306 g/mol. The van der Waals surface area contributed by atoms with Crippen LogP contribution >= 0.6 is 0 Å². The molecule has 0 saturated carbocycles. The van der Waals surface area contributed by atoms with Gasteiger partial charge in [-0.05, 0) is 32.7 Å². The lowest BCUT2D eigenvalue weighted by molar-refractivity contribution is -0.131. The maximum atomic E-state index is 12.4. The van der Waals surface area contributed by atoms with Gasteiger partial charge in [0.2, 0.25) is 5.91 Å². The van der Waals surface area contributed by atoms with Crippen LogP contribution in [0, 0.1) is 12.3 Å². The topological polar surface area (TPSA) is 87.2 Å². The number of aromatic nitrogens is 2. The van der Waals surface area contributed by atoms with Crippen molar-refractivity contribution in [3.63, 3.8) is 0 Å². The van der Waals surface area contributed by atoms with Gasteiger partial charge in [0.05, 0.1) is 0 Å². The molecule has 2 saturated heterocycles. The first-order valence-electron chi connectivity index (χ1n) is 7.78. The maximum Gasteiger partial charge on any atom is 0.328 e. The van der Waals surface area contributed by atoms with Crippen molar-refractivity contribution in [2.24, 2.45) is 5.41 Å². The van der Waals surface area contributed by atoms with Crippen molar-refractivity contribution >= 4 is 5.91 Å². The van der Waals surface area contributed by atoms with E-state index in [0.29, 0.717) is 5.56 Å². The molecule has 3 rings (SSSR count). The molecule has 2 aliphatic rings. The van der Waals surface area contributed by atoms with Crippen molar-refractivity contribution in [1.82, 2.24) is 19.8 Å². The second-order valence-electron chi connectivity index (χ2n) is 6.54. The van der Waals surface area contributed by atoms with Crippen LogP contribution in [0.1, 0.15) is 24.8 Å². The van der Waals surface area contributed by atoms with Gasteiger partial charge < -0.3 is 10.2 Å². The van der Waals surface area contributed by atoms with Crippen LogP contribution in [0.2, 0.25) is 0 Å². The highest BCUT2D eigenvalue weighted by Crippen LogP contribution is 2.36. The van der Waals surface area contributed by atoms with Crippen molar-refractivity contribution in [2.75, 3.05) is 26.2 Å². The number of carbonyl (C=O) groups is 1. The third-order valence-electron chi connectivity index (χ3n) is 4.85. The number of piperidine rings is 1. The lowest BCUT2D eigenvalue weighted by Gasteiger charge is -2.33. The molecule has 1 aromatic heterocycles. The standard InChI is InChI=1S/C15H22N4O3/c1-11-7-19(14(22)17-13(11)21)8-12(20)18-6-4-15(10-18)3-2-5-16-9-15/h7,16H,2-6,8-10H2,1H3,(H,17,21,22). The highest BCUT2D eigenvalue weighted by atomic mass is 16.2. The molecule has 1 atom stereocenters. The fraction of sp³-hybridized carbons (Fsp3) is 0.667. The van der Waals surface area contributed by atoms with Crippen molar-refractivity contribution in [3.8, 4) is 0 Å². The van der Waals surface area contributed by atoms with E-state index >= 15 is 0 Å². The molecule has 1 aromatic rings. The zero-order valence-electron chi connectivity index (χ0n) is 12.9. The number of rotatable bonds is 2. The third kappa shape index (κ3) is 2.85. The molecule has 7 heteroatoms. The highest BCUT2D eigenvalue weighted by Gasteiger charge is 2.40. The molecule has 120 valence electrons. The molecule has 2 aliphatic heterocycles. The number of nitrogens with one attached hydrogen (secondary N) is 2. The summed E-state index contributed by atoms with van der Waals surface area (Å²) < 4.78 is 1.28. The van der Waals surface area contributed by atoms with Gasteiger partial charge in [0.1, 0.15) is 6.54 Å². The van der Waals surface area contributed by atoms with Crippen LogP contribution < -0.4 is 16.6 Å². The molecule has 22 heavy (non-hydrogen) atoms. The summed E-state index contributed by atoms with van der Waals surface area (Å²) >= 11 is 0. The van der Waals surface area contributed by atoms with Crippen LogP contribution in [-0.4, -0.2) is 46.5 Å². The lowest BCUT2D eigenvalue weighted by atomic mass is 9.80. The summed E-state index contributed by atoms with van der Waals surface area (Å²) in [5.74, 6) is -0.0593. The van der Waals surface area contributed by atoms with Crippen molar-refractivity contribution in [2.45, 2.75) is 32.7 Å². The number of hydrogen-bond acceptors (Lipinski definition) is 4. The Hall–Kier alpha value is -1.89. The minimum atomic E-state index is -0.530. The normalized spacial score (nSPS) is 24.9. The minimum Gasteiger partial charge on any atom is -0.341 e. The second kappa shape index (κ2) is 5.72. The Morgan fingerprint density at radius 3 is 2.91 bits per heavy atom. The van der Waals surface area contributed by atoms with E-state index in [1.54, 1.807) is 6.92 Å². The predicted molar refractivity (Wildman–Crippen MR) is 81.8 cm³/mol. The first-order chi connectivity index (χ1) is 10.5. The second-order valence-corrected chi connectivity index (χ2v) is 6.54. The van der Waals surface area contributed by atoms with Crippen LogP contribution in [0.15, 0.2) is 15.8 Å². The number of aromatic amines is 1. The van der Waals surface area contributed by atoms with Gasteiger partial charge >= 0.3 is 5.69 Å². The fourth-order valence-electron chi connectivity index (χ4n) is 3.51. The van der Waals surface area contributed by atoms with E-state index in [9.17, 15) is 14.4 Å². The molecular formula is C15H22N4O3. The molecule has 0 aliphatic carbocycles. The molecule has 3 heterocycles. The summed E-state index contributed by atoms with van der Waals surface area (Å²) in [7, 11) is 0. The summed E-state index contributed by atoms with van der Waals surface area (Å²) in [4.78, 5) is 39.7. The van der Waals surface area contributed by atoms with Crippen LogP contribution in [0.3, 0.4) is 0 Å². The molecule has 0 aromatic carbocycles. The lowest BCUT2D eigenvalue weighted by Crippen LogP contribution is -2.43. The zero-order chi connectivity index (χ0) is 15.7. The molecule has 0 bridgehead atoms. The molecule has 2 fully saturated rings. The molecule has 1 unspecified atom stereocenters. The van der Waals surface area contributed by atoms with E-state index in [0.717, 1.165) is 45.4 Å². The number of carbonyl (C=O) groups excluding carboxylic acids is 1. The van der Waals surface area contributed by atoms with E-state index in [1.165, 1.54) is 10.8 Å². The highest BCUT2D eigenvalue weighted by molar-refractivity contribution is 5.76. The summed E-state index contributed by atoms with van der Waals surface area (Å²) in [6.45, 7) is 5.14. The van der Waals surface area contributed by atoms with Gasteiger partial charge in [0.15, 0.2) is 0 Å². The Morgan fingerprint density at radius 2 is 2.18 bits per heavy atom. The van der Waals surface area contributed by atoms with E-state index in [-0.39, 0.29) is 17.9 Å². The summed E-state index contributed by atoms with van der Waals surface area (Å²) in [5.41, 5.74) is -0.291. The summed E-state index contributed by atoms with van der Waals surface area (Å²) in [6, 6.07) is 0. The average Bonchev–Trinajstić information content (AvgIpc) is 2.89. The van der Waals surface area contributed by atoms with Crippen LogP contribution in [-0.2, 0) is 11.3 Å². The number of aryl methyl sites for hydroxylation is 1. The molecule has 1 spiro atoms. The largest absolute Gasteiger partial charge is 0.341 e. The first kappa shape index (κ1) is 15.0. The van der Waals surface area contributed by atoms with E-state index < -0.39 is 11.2 Å². The Bertz CT molecular complexity index is 685. The van der Waals surface area contributed by atoms with Crippen LogP contribution in [0.25, 0.3) is 0 Å². The molecule has 7 nitrogen and oxygen atoms in total. The molecule has 0 radical (unpaired) electrons. The van der Waals surface area contributed by atoms with Crippen molar-refractivity contribution < 1.29 is 4.79 Å². The summed E-state index contributed by atoms with van der Waals surface area (Å²) in [5, 5.41) is 3.42. The fourth-order valence-corrected chi connectivity index (χ4v) is 3.51. The monoisotopic (exact) mass is 306 g/mol. The molecule has 1 amide bonds. The Balaban J connectivity index is 1.69. The van der Waals surface area contributed by atoms with E-state index in [4.69, 9.17) is 0 Å². The minimum absolute atomic E-state index is 0.0139. The number of likely N-dealkylation sites (tertiary alicyclic amines) is 1. The Kier molecular flexibility index (Phi) is 3.90. The van der Waals surface area contributed by atoms with Gasteiger partial charge in [0, 0.05) is 36.8 Å². The first-order valence-corrected chi connectivity index (χ1v) is 7.78. The van der Waals surface area contributed by atoms with Gasteiger partial charge in [-0.1, -0.05) is 0 Å². The smallest absolute Gasteiger partial charge is 0.328 e. The van der Waals surface area contributed by atoms with Crippen LogP contribution in [0.5, 0.6) is 0 Å². The van der Waals surface area contributed by atoms with Crippen LogP contribution in [0.4, 0.5) is 0 Å². The van der Waals surface area contributed by atoms with Gasteiger partial charge in [-0.3, -0.25) is 19.1 Å². The molecular weight excluding hydrogens is 284 g/mol. The number of hydrogen-bond donors (Lipinski definition) is 2.